The van der Waals surface area contributed by atoms with Crippen LogP contribution in [0.25, 0.3) is 0 Å². The highest BCUT2D eigenvalue weighted by Crippen LogP contribution is 1.96. The monoisotopic (exact) mass is 182 g/mol. The highest BCUT2D eigenvalue weighted by molar-refractivity contribution is 5.72. The number of carboxylic acids is 1. The van der Waals surface area contributed by atoms with E-state index in [-0.39, 0.29) is 11.0 Å². The number of unbranched alkanes of at least 4 members (excludes halogenated alkanes) is 1. The molecule has 0 bridgehead atoms. The molecule has 0 aromatic carbocycles. The molecule has 0 spiro atoms. The summed E-state index contributed by atoms with van der Waals surface area (Å²) in [7, 11) is 0. The first-order valence-electron chi connectivity index (χ1n) is 3.37. The van der Waals surface area contributed by atoms with Crippen LogP contribution in [0, 0.1) is 0 Å². The molecule has 0 heterocycles. The summed E-state index contributed by atoms with van der Waals surface area (Å²) in [4.78, 5) is 10.1. The van der Waals surface area contributed by atoms with E-state index in [1.165, 1.54) is 0 Å². The van der Waals surface area contributed by atoms with Gasteiger partial charge in [0.1, 0.15) is 6.04 Å². The molecule has 0 unspecified atom stereocenters. The fourth-order valence-corrected chi connectivity index (χ4v) is 0.632. The van der Waals surface area contributed by atoms with Crippen LogP contribution >= 0.6 is 0 Å². The van der Waals surface area contributed by atoms with E-state index >= 15 is 0 Å². The second-order valence-corrected chi connectivity index (χ2v) is 2.23. The van der Waals surface area contributed by atoms with E-state index in [0.717, 1.165) is 12.8 Å². The molecule has 6 heteroatoms. The van der Waals surface area contributed by atoms with Gasteiger partial charge in [-0.1, -0.05) is 6.42 Å². The molecule has 12 heavy (non-hydrogen) atoms. The quantitative estimate of drug-likeness (QED) is 0.416. The lowest BCUT2D eigenvalue weighted by Gasteiger charge is -2.03. The Bertz CT molecular complexity index is 110. The molecule has 0 saturated heterocycles. The smallest absolute Gasteiger partial charge is 0.320 e. The van der Waals surface area contributed by atoms with Gasteiger partial charge in [0.25, 0.3) is 0 Å². The van der Waals surface area contributed by atoms with Gasteiger partial charge < -0.3 is 27.5 Å². The minimum Gasteiger partial charge on any atom is -0.480 e. The summed E-state index contributed by atoms with van der Waals surface area (Å²) >= 11 is 0. The lowest BCUT2D eigenvalue weighted by Crippen LogP contribution is -2.29. The van der Waals surface area contributed by atoms with E-state index in [2.05, 4.69) is 0 Å². The van der Waals surface area contributed by atoms with Crippen molar-refractivity contribution in [3.8, 4) is 0 Å². The lowest BCUT2D eigenvalue weighted by atomic mass is 10.1. The van der Waals surface area contributed by atoms with Gasteiger partial charge in [0.15, 0.2) is 0 Å². The van der Waals surface area contributed by atoms with Crippen molar-refractivity contribution in [3.63, 3.8) is 0 Å². The van der Waals surface area contributed by atoms with Gasteiger partial charge in [0.2, 0.25) is 0 Å². The fraction of sp³-hybridized carbons (Fsp3) is 0.833. The van der Waals surface area contributed by atoms with Crippen molar-refractivity contribution in [3.05, 3.63) is 0 Å². The molecule has 0 aliphatic heterocycles. The average molecular weight is 182 g/mol. The molecule has 0 radical (unpaired) electrons. The first-order valence-corrected chi connectivity index (χ1v) is 3.37. The van der Waals surface area contributed by atoms with Crippen LogP contribution in [0.4, 0.5) is 0 Å². The second-order valence-electron chi connectivity index (χ2n) is 2.23. The molecule has 0 rings (SSSR count). The van der Waals surface area contributed by atoms with Crippen LogP contribution in [0.5, 0.6) is 0 Å². The van der Waals surface area contributed by atoms with Crippen molar-refractivity contribution in [2.45, 2.75) is 25.3 Å². The third-order valence-corrected chi connectivity index (χ3v) is 1.29. The molecule has 6 nitrogen and oxygen atoms in total. The Balaban J connectivity index is -0.000000405. The maximum Gasteiger partial charge on any atom is 0.320 e. The van der Waals surface area contributed by atoms with E-state index < -0.39 is 12.0 Å². The van der Waals surface area contributed by atoms with E-state index in [4.69, 9.17) is 16.6 Å². The highest BCUT2D eigenvalue weighted by atomic mass is 16.4. The summed E-state index contributed by atoms with van der Waals surface area (Å²) in [5.41, 5.74) is 10.4. The van der Waals surface area contributed by atoms with E-state index in [1.807, 2.05) is 0 Å². The number of hydrogen-bond acceptors (Lipinski definition) is 3. The molecule has 0 saturated carbocycles. The number of aliphatic carboxylic acids is 1. The Hall–Kier alpha value is -0.690. The fourth-order valence-electron chi connectivity index (χ4n) is 0.632. The van der Waals surface area contributed by atoms with Crippen molar-refractivity contribution in [1.82, 2.24) is 0 Å². The lowest BCUT2D eigenvalue weighted by molar-refractivity contribution is -0.138. The predicted molar refractivity (Wildman–Crippen MR) is 45.7 cm³/mol. The van der Waals surface area contributed by atoms with Crippen molar-refractivity contribution < 1.29 is 20.9 Å². The zero-order valence-electron chi connectivity index (χ0n) is 6.92. The van der Waals surface area contributed by atoms with Crippen molar-refractivity contribution in [2.24, 2.45) is 11.5 Å². The maximum absolute atomic E-state index is 10.1. The SMILES string of the molecule is NCCCC[C@H](N)C(=O)O.O.O. The Morgan fingerprint density at radius 2 is 1.83 bits per heavy atom. The summed E-state index contributed by atoms with van der Waals surface area (Å²) < 4.78 is 0. The number of nitrogens with two attached hydrogens (primary N) is 2. The summed E-state index contributed by atoms with van der Waals surface area (Å²) in [6, 6.07) is -0.716. The van der Waals surface area contributed by atoms with Crippen LogP contribution in [0.2, 0.25) is 0 Å². The summed E-state index contributed by atoms with van der Waals surface area (Å²) in [5, 5.41) is 8.33. The van der Waals surface area contributed by atoms with Gasteiger partial charge in [-0.3, -0.25) is 4.79 Å². The molecular weight excluding hydrogens is 164 g/mol. The normalized spacial score (nSPS) is 10.8. The minimum atomic E-state index is -0.933. The molecule has 0 aromatic rings. The zero-order valence-corrected chi connectivity index (χ0v) is 6.92. The third-order valence-electron chi connectivity index (χ3n) is 1.29. The number of rotatable bonds is 5. The summed E-state index contributed by atoms with van der Waals surface area (Å²) in [5.74, 6) is -0.933. The number of carboxylic acid groups (broad SMARTS) is 1. The van der Waals surface area contributed by atoms with Crippen molar-refractivity contribution >= 4 is 5.97 Å². The first-order chi connectivity index (χ1) is 4.68. The van der Waals surface area contributed by atoms with Gasteiger partial charge in [0, 0.05) is 0 Å². The van der Waals surface area contributed by atoms with E-state index in [9.17, 15) is 4.79 Å². The standard InChI is InChI=1S/C6H14N2O2.2H2O/c7-4-2-1-3-5(8)6(9)10;;/h5H,1-4,7-8H2,(H,9,10);2*1H2/t5-;;/m0../s1. The molecule has 0 fully saturated rings. The molecule has 0 aliphatic rings. The van der Waals surface area contributed by atoms with Crippen LogP contribution in [0.3, 0.4) is 0 Å². The molecule has 9 N–H and O–H groups in total. The second kappa shape index (κ2) is 10.3. The van der Waals surface area contributed by atoms with Crippen LogP contribution in [-0.4, -0.2) is 34.6 Å². The van der Waals surface area contributed by atoms with Gasteiger partial charge in [-0.25, -0.2) is 0 Å². The zero-order chi connectivity index (χ0) is 7.98. The largest absolute Gasteiger partial charge is 0.480 e. The molecule has 0 aliphatic carbocycles. The maximum atomic E-state index is 10.1. The topological polar surface area (TPSA) is 152 Å². The van der Waals surface area contributed by atoms with Crippen molar-refractivity contribution in [2.75, 3.05) is 6.54 Å². The summed E-state index contributed by atoms with van der Waals surface area (Å²) in [6.45, 7) is 0.604. The van der Waals surface area contributed by atoms with Gasteiger partial charge in [0.05, 0.1) is 0 Å². The average Bonchev–Trinajstić information content (AvgIpc) is 1.88. The number of hydrogen-bond donors (Lipinski definition) is 3. The third kappa shape index (κ3) is 9.31. The Morgan fingerprint density at radius 3 is 2.17 bits per heavy atom. The van der Waals surface area contributed by atoms with E-state index in [1.54, 1.807) is 0 Å². The van der Waals surface area contributed by atoms with Crippen LogP contribution in [0.15, 0.2) is 0 Å². The van der Waals surface area contributed by atoms with Gasteiger partial charge in [-0.15, -0.1) is 0 Å². The Morgan fingerprint density at radius 1 is 1.33 bits per heavy atom. The highest BCUT2D eigenvalue weighted by Gasteiger charge is 2.09. The van der Waals surface area contributed by atoms with Crippen LogP contribution in [-0.2, 0) is 4.79 Å². The minimum absolute atomic E-state index is 0. The Labute approximate surface area is 71.2 Å². The molecular formula is C6H18N2O4. The van der Waals surface area contributed by atoms with Crippen LogP contribution in [0.1, 0.15) is 19.3 Å². The van der Waals surface area contributed by atoms with Gasteiger partial charge in [-0.05, 0) is 19.4 Å². The van der Waals surface area contributed by atoms with Gasteiger partial charge in [-0.2, -0.15) is 0 Å². The van der Waals surface area contributed by atoms with E-state index in [0.29, 0.717) is 13.0 Å². The Kier molecular flexibility index (Phi) is 15.0. The van der Waals surface area contributed by atoms with Crippen LogP contribution < -0.4 is 11.5 Å². The molecule has 76 valence electrons. The molecule has 1 atom stereocenters. The number of carbonyl (C=O) groups is 1. The van der Waals surface area contributed by atoms with Crippen molar-refractivity contribution in [1.29, 1.82) is 0 Å². The first kappa shape index (κ1) is 17.4. The predicted octanol–water partition coefficient (Wildman–Crippen LogP) is -2.12. The molecule has 0 aromatic heterocycles. The van der Waals surface area contributed by atoms with Gasteiger partial charge >= 0.3 is 5.97 Å². The molecule has 0 amide bonds. The summed E-state index contributed by atoms with van der Waals surface area (Å²) in [6.07, 6.45) is 2.16.